The molecule has 2 aliphatic rings. The molecule has 1 N–H and O–H groups in total. The molecule has 0 spiro atoms. The Bertz CT molecular complexity index is 842. The van der Waals surface area contributed by atoms with E-state index in [0.29, 0.717) is 17.9 Å². The van der Waals surface area contributed by atoms with Crippen LogP contribution < -0.4 is 9.47 Å². The highest BCUT2D eigenvalue weighted by atomic mass is 16.5. The maximum atomic E-state index is 10.9. The van der Waals surface area contributed by atoms with E-state index in [1.807, 2.05) is 6.07 Å². The molecule has 4 heteroatoms. The molecule has 0 aliphatic carbocycles. The van der Waals surface area contributed by atoms with Crippen molar-refractivity contribution in [3.8, 4) is 11.5 Å². The molecule has 23 heavy (non-hydrogen) atoms. The van der Waals surface area contributed by atoms with Crippen LogP contribution in [0.25, 0.3) is 0 Å². The first-order valence-corrected chi connectivity index (χ1v) is 7.81. The molecule has 128 valence electrons. The molecular weight excluding hydrogens is 290 g/mol. The van der Waals surface area contributed by atoms with E-state index in [0.717, 1.165) is 18.1 Å². The van der Waals surface area contributed by atoms with Crippen molar-refractivity contribution in [2.45, 2.75) is 45.1 Å². The Balaban J connectivity index is 2.06. The van der Waals surface area contributed by atoms with Crippen molar-refractivity contribution in [3.05, 3.63) is 23.3 Å². The zero-order valence-electron chi connectivity index (χ0n) is 21.7. The average molecular weight is 327 g/mol. The molecule has 0 saturated carbocycles. The smallest absolute Gasteiger partial charge is 0.161 e. The number of ether oxygens (including phenoxy) is 2. The number of hydrogen-bond donors (Lipinski definition) is 1. The summed E-state index contributed by atoms with van der Waals surface area (Å²) < 4.78 is 76.4. The third-order valence-electron chi connectivity index (χ3n) is 4.53. The van der Waals surface area contributed by atoms with Gasteiger partial charge in [0.15, 0.2) is 11.5 Å². The lowest BCUT2D eigenvalue weighted by Gasteiger charge is -2.46. The van der Waals surface area contributed by atoms with Gasteiger partial charge in [-0.1, -0.05) is 13.8 Å². The number of aliphatic hydroxyl groups excluding tert-OH is 1. The minimum absolute atomic E-state index is 0.00322. The number of benzene rings is 1. The zero-order valence-corrected chi connectivity index (χ0v) is 13.7. The average Bonchev–Trinajstić information content (AvgIpc) is 2.64. The van der Waals surface area contributed by atoms with Gasteiger partial charge in [0.05, 0.1) is 20.3 Å². The highest BCUT2D eigenvalue weighted by Gasteiger charge is 2.38. The summed E-state index contributed by atoms with van der Waals surface area (Å²) >= 11 is 0. The van der Waals surface area contributed by atoms with Gasteiger partial charge in [-0.15, -0.1) is 0 Å². The van der Waals surface area contributed by atoms with Gasteiger partial charge in [0.25, 0.3) is 0 Å². The molecule has 1 aromatic carbocycles. The second kappa shape index (κ2) is 6.70. The van der Waals surface area contributed by atoms with Crippen LogP contribution in [0.3, 0.4) is 0 Å². The molecule has 0 amide bonds. The standard InChI is InChI=1S/C19H29NO3/c1-12(2)7-14-11-20-6-5-13-8-18(22-3)19(23-4)9-15(13)16(20)10-17(14)21/h8-9,12,14,16-17,21H,5-7,10-11H2,1-4H3/t14-,16-,17+/m0/s1/i1D3,7D2,11D2,12D/t12?,14-,16-,17+. The van der Waals surface area contributed by atoms with Crippen molar-refractivity contribution in [3.63, 3.8) is 0 Å². The molecule has 4 atom stereocenters. The fraction of sp³-hybridized carbons (Fsp3) is 0.684. The van der Waals surface area contributed by atoms with Gasteiger partial charge in [0, 0.05) is 30.0 Å². The summed E-state index contributed by atoms with van der Waals surface area (Å²) in [4.78, 5) is 1.48. The Labute approximate surface area is 150 Å². The van der Waals surface area contributed by atoms with Gasteiger partial charge in [0.1, 0.15) is 0 Å². The van der Waals surface area contributed by atoms with Gasteiger partial charge in [-0.3, -0.25) is 4.90 Å². The Hall–Kier alpha value is -1.26. The lowest BCUT2D eigenvalue weighted by atomic mass is 9.79. The summed E-state index contributed by atoms with van der Waals surface area (Å²) in [6.45, 7) is -4.19. The number of piperidine rings is 1. The van der Waals surface area contributed by atoms with Crippen molar-refractivity contribution in [2.24, 2.45) is 11.8 Å². The molecule has 1 unspecified atom stereocenters. The van der Waals surface area contributed by atoms with E-state index in [2.05, 4.69) is 0 Å². The largest absolute Gasteiger partial charge is 0.493 e. The second-order valence-corrected chi connectivity index (χ2v) is 6.04. The number of nitrogens with zero attached hydrogens (tertiary/aromatic N) is 1. The second-order valence-electron chi connectivity index (χ2n) is 6.04. The van der Waals surface area contributed by atoms with Gasteiger partial charge >= 0.3 is 0 Å². The van der Waals surface area contributed by atoms with Gasteiger partial charge in [-0.25, -0.2) is 0 Å². The molecule has 3 rings (SSSR count). The quantitative estimate of drug-likeness (QED) is 0.923. The molecule has 1 fully saturated rings. The summed E-state index contributed by atoms with van der Waals surface area (Å²) in [5, 5.41) is 10.9. The lowest BCUT2D eigenvalue weighted by Crippen LogP contribution is -2.48. The SMILES string of the molecule is [2H]C1([2H])[C@H](C([2H])([2H])C([2H])(C)C([2H])([2H])[2H])[C@H](O)C[C@H]2c3cc(OC)c(OC)cc3CCN21. The summed E-state index contributed by atoms with van der Waals surface area (Å²) in [7, 11) is 3.02. The van der Waals surface area contributed by atoms with Crippen LogP contribution in [0.2, 0.25) is 0 Å². The Morgan fingerprint density at radius 3 is 2.91 bits per heavy atom. The highest BCUT2D eigenvalue weighted by Crippen LogP contribution is 2.43. The van der Waals surface area contributed by atoms with Crippen molar-refractivity contribution < 1.29 is 25.5 Å². The number of rotatable bonds is 4. The minimum atomic E-state index is -3.00. The maximum Gasteiger partial charge on any atom is 0.161 e. The third-order valence-corrected chi connectivity index (χ3v) is 4.53. The molecule has 4 nitrogen and oxygen atoms in total. The summed E-state index contributed by atoms with van der Waals surface area (Å²) in [6.07, 6.45) is -3.85. The lowest BCUT2D eigenvalue weighted by molar-refractivity contribution is -0.0191. The van der Waals surface area contributed by atoms with Crippen LogP contribution in [0.15, 0.2) is 12.1 Å². The predicted molar refractivity (Wildman–Crippen MR) is 91.1 cm³/mol. The Kier molecular flexibility index (Phi) is 2.70. The van der Waals surface area contributed by atoms with Crippen LogP contribution >= 0.6 is 0 Å². The fourth-order valence-electron chi connectivity index (χ4n) is 3.43. The van der Waals surface area contributed by atoms with E-state index in [-0.39, 0.29) is 13.0 Å². The van der Waals surface area contributed by atoms with E-state index < -0.39 is 43.7 Å². The van der Waals surface area contributed by atoms with E-state index in [9.17, 15) is 5.11 Å². The first kappa shape index (κ1) is 9.28. The Morgan fingerprint density at radius 2 is 2.22 bits per heavy atom. The van der Waals surface area contributed by atoms with Gasteiger partial charge in [-0.2, -0.15) is 0 Å². The van der Waals surface area contributed by atoms with E-state index in [4.69, 9.17) is 20.4 Å². The molecule has 0 bridgehead atoms. The molecule has 1 saturated heterocycles. The summed E-state index contributed by atoms with van der Waals surface area (Å²) in [6, 6.07) is 3.03. The van der Waals surface area contributed by atoms with Crippen LogP contribution in [0.4, 0.5) is 0 Å². The maximum absolute atomic E-state index is 10.9. The summed E-state index contributed by atoms with van der Waals surface area (Å²) in [5.74, 6) is -3.32. The van der Waals surface area contributed by atoms with Gasteiger partial charge in [-0.05, 0) is 54.3 Å². The monoisotopic (exact) mass is 327 g/mol. The number of aliphatic hydroxyl groups is 1. The van der Waals surface area contributed by atoms with Crippen molar-refractivity contribution in [1.82, 2.24) is 4.90 Å². The first-order chi connectivity index (χ1) is 14.1. The normalized spacial score (nSPS) is 38.5. The minimum Gasteiger partial charge on any atom is -0.493 e. The van der Waals surface area contributed by atoms with E-state index in [1.54, 1.807) is 6.07 Å². The molecule has 0 aromatic heterocycles. The zero-order chi connectivity index (χ0) is 23.6. The van der Waals surface area contributed by atoms with Crippen molar-refractivity contribution >= 4 is 0 Å². The fourth-order valence-corrected chi connectivity index (χ4v) is 3.43. The van der Waals surface area contributed by atoms with Gasteiger partial charge < -0.3 is 14.6 Å². The first-order valence-electron chi connectivity index (χ1n) is 11.8. The van der Waals surface area contributed by atoms with Crippen molar-refractivity contribution in [1.29, 1.82) is 0 Å². The van der Waals surface area contributed by atoms with E-state index in [1.165, 1.54) is 19.1 Å². The molecule has 2 aliphatic heterocycles. The molecule has 1 aromatic rings. The number of hydrogen-bond acceptors (Lipinski definition) is 4. The van der Waals surface area contributed by atoms with Gasteiger partial charge in [0.2, 0.25) is 0 Å². The van der Waals surface area contributed by atoms with Crippen LogP contribution in [0, 0.1) is 11.8 Å². The van der Waals surface area contributed by atoms with E-state index >= 15 is 0 Å². The molecule has 0 radical (unpaired) electrons. The number of methoxy groups -OCH3 is 2. The third kappa shape index (κ3) is 3.20. The molecule has 2 heterocycles. The highest BCUT2D eigenvalue weighted by molar-refractivity contribution is 5.49. The Morgan fingerprint density at radius 1 is 1.48 bits per heavy atom. The van der Waals surface area contributed by atoms with Crippen LogP contribution in [-0.2, 0) is 6.42 Å². The number of fused-ring (bicyclic) bond motifs is 3. The molecular formula is C19H29NO3. The van der Waals surface area contributed by atoms with Crippen LogP contribution in [0.1, 0.15) is 54.7 Å². The van der Waals surface area contributed by atoms with Crippen molar-refractivity contribution in [2.75, 3.05) is 27.3 Å². The topological polar surface area (TPSA) is 41.9 Å². The van der Waals surface area contributed by atoms with Crippen LogP contribution in [-0.4, -0.2) is 43.4 Å². The van der Waals surface area contributed by atoms with Crippen LogP contribution in [0.5, 0.6) is 11.5 Å². The predicted octanol–water partition coefficient (Wildman–Crippen LogP) is 3.03. The summed E-state index contributed by atoms with van der Waals surface area (Å²) in [5.41, 5.74) is 1.69.